The Hall–Kier alpha value is -2.58. The second kappa shape index (κ2) is 6.71. The molecule has 0 spiro atoms. The lowest BCUT2D eigenvalue weighted by Gasteiger charge is -2.18. The number of rotatable bonds is 4. The van der Waals surface area contributed by atoms with Crippen LogP contribution in [0, 0.1) is 5.82 Å². The van der Waals surface area contributed by atoms with Gasteiger partial charge in [-0.25, -0.2) is 36.1 Å². The van der Waals surface area contributed by atoms with Crippen LogP contribution >= 0.6 is 0 Å². The van der Waals surface area contributed by atoms with Crippen LogP contribution < -0.4 is 9.03 Å². The number of aromatic hydroxyl groups is 1. The summed E-state index contributed by atoms with van der Waals surface area (Å²) in [4.78, 5) is 19.9. The van der Waals surface area contributed by atoms with Crippen molar-refractivity contribution in [1.82, 2.24) is 19.0 Å². The van der Waals surface area contributed by atoms with E-state index in [1.165, 1.54) is 10.5 Å². The van der Waals surface area contributed by atoms with Gasteiger partial charge in [-0.1, -0.05) is 0 Å². The molecule has 3 aliphatic rings. The summed E-state index contributed by atoms with van der Waals surface area (Å²) in [6, 6.07) is 1.12. The van der Waals surface area contributed by atoms with Crippen molar-refractivity contribution in [3.63, 3.8) is 0 Å². The van der Waals surface area contributed by atoms with Gasteiger partial charge in [0, 0.05) is 30.6 Å². The molecule has 1 atom stereocenters. The van der Waals surface area contributed by atoms with Crippen molar-refractivity contribution in [2.24, 2.45) is 0 Å². The van der Waals surface area contributed by atoms with Crippen molar-refractivity contribution < 1.29 is 31.1 Å². The number of nitrogens with zero attached hydrogens (tertiary/aromatic N) is 4. The van der Waals surface area contributed by atoms with Gasteiger partial charge in [0.25, 0.3) is 5.91 Å². The topological polar surface area (TPSA) is 150 Å². The third kappa shape index (κ3) is 3.29. The largest absolute Gasteiger partial charge is 0.506 e. The van der Waals surface area contributed by atoms with E-state index in [-0.39, 0.29) is 34.4 Å². The summed E-state index contributed by atoms with van der Waals surface area (Å²) in [7, 11) is -7.68. The molecule has 3 fully saturated rings. The van der Waals surface area contributed by atoms with Crippen LogP contribution in [-0.4, -0.2) is 67.0 Å². The predicted molar refractivity (Wildman–Crippen MR) is 106 cm³/mol. The summed E-state index contributed by atoms with van der Waals surface area (Å²) >= 11 is 0. The molecule has 31 heavy (non-hydrogen) atoms. The molecule has 2 saturated heterocycles. The number of aromatic nitrogens is 2. The summed E-state index contributed by atoms with van der Waals surface area (Å²) < 4.78 is 68.0. The summed E-state index contributed by atoms with van der Waals surface area (Å²) in [5, 5.41) is 10.0. The van der Waals surface area contributed by atoms with E-state index >= 15 is 4.39 Å². The minimum absolute atomic E-state index is 0.138. The van der Waals surface area contributed by atoms with Crippen LogP contribution in [0.25, 0.3) is 10.9 Å². The number of anilines is 1. The van der Waals surface area contributed by atoms with Gasteiger partial charge in [-0.2, -0.15) is 8.42 Å². The first-order valence-electron chi connectivity index (χ1n) is 9.58. The van der Waals surface area contributed by atoms with E-state index in [1.807, 2.05) is 0 Å². The van der Waals surface area contributed by atoms with E-state index in [9.17, 15) is 26.7 Å². The van der Waals surface area contributed by atoms with E-state index in [4.69, 9.17) is 0 Å². The van der Waals surface area contributed by atoms with Crippen LogP contribution in [-0.2, 0) is 25.0 Å². The number of phenolic OH excluding ortho intramolecular Hbond substituents is 1. The molecule has 2 aromatic rings. The number of sulfonamides is 1. The number of carbonyl (C=O) groups is 1. The number of hydrogen-bond acceptors (Lipinski definition) is 8. The zero-order chi connectivity index (χ0) is 22.1. The predicted octanol–water partition coefficient (Wildman–Crippen LogP) is -0.0630. The monoisotopic (exact) mass is 471 g/mol. The van der Waals surface area contributed by atoms with Gasteiger partial charge in [-0.15, -0.1) is 0 Å². The zero-order valence-corrected chi connectivity index (χ0v) is 17.7. The fourth-order valence-corrected chi connectivity index (χ4v) is 7.02. The second-order valence-electron chi connectivity index (χ2n) is 7.85. The molecule has 2 aliphatic heterocycles. The number of carbonyl (C=O) groups excluding carboxylic acids is 1. The molecule has 1 aromatic carbocycles. The summed E-state index contributed by atoms with van der Waals surface area (Å²) in [6.45, 7) is -0.156. The van der Waals surface area contributed by atoms with Crippen molar-refractivity contribution in [1.29, 1.82) is 0 Å². The average molecular weight is 471 g/mol. The minimum Gasteiger partial charge on any atom is -0.506 e. The molecule has 0 radical (unpaired) electrons. The highest BCUT2D eigenvalue weighted by Crippen LogP contribution is 2.39. The van der Waals surface area contributed by atoms with Crippen LogP contribution in [0.2, 0.25) is 0 Å². The highest BCUT2D eigenvalue weighted by molar-refractivity contribution is 7.92. The fraction of sp³-hybridized carbons (Fsp3) is 0.471. The van der Waals surface area contributed by atoms with Crippen molar-refractivity contribution >= 4 is 42.7 Å². The van der Waals surface area contributed by atoms with Gasteiger partial charge in [-0.3, -0.25) is 4.79 Å². The first-order chi connectivity index (χ1) is 14.6. The van der Waals surface area contributed by atoms with E-state index in [2.05, 4.69) is 9.97 Å². The molecule has 1 aliphatic carbocycles. The molecule has 1 amide bonds. The third-order valence-corrected chi connectivity index (χ3v) is 9.42. The lowest BCUT2D eigenvalue weighted by Crippen LogP contribution is -2.31. The lowest BCUT2D eigenvalue weighted by atomic mass is 10.1. The maximum absolute atomic E-state index is 15.3. The van der Waals surface area contributed by atoms with Crippen LogP contribution in [0.1, 0.15) is 31.0 Å². The molecule has 1 saturated carbocycles. The Bertz CT molecular complexity index is 1330. The van der Waals surface area contributed by atoms with Gasteiger partial charge >= 0.3 is 10.2 Å². The van der Waals surface area contributed by atoms with Crippen LogP contribution in [0.15, 0.2) is 12.3 Å². The first-order valence-corrected chi connectivity index (χ1v) is 12.5. The Balaban J connectivity index is 1.52. The van der Waals surface area contributed by atoms with E-state index in [0.29, 0.717) is 30.1 Å². The van der Waals surface area contributed by atoms with Gasteiger partial charge in [0.15, 0.2) is 5.82 Å². The molecule has 11 nitrogen and oxygen atoms in total. The number of fused-ring (bicyclic) bond motifs is 1. The standard InChI is InChI=1S/C17H18FN5O6S2/c18-14-15-10(5-12(24)16(14)23-8-13(25)21-31(23,28)29)6-19-17(20-15)9-3-4-22(7-9)30(26,27)11-1-2-11/h5-6,9,11,24H,1-4,7-8H2,(H,21,25). The first kappa shape index (κ1) is 20.3. The zero-order valence-electron chi connectivity index (χ0n) is 16.0. The maximum atomic E-state index is 15.3. The fourth-order valence-electron chi connectivity index (χ4n) is 3.95. The van der Waals surface area contributed by atoms with Crippen molar-refractivity contribution in [3.05, 3.63) is 23.9 Å². The highest BCUT2D eigenvalue weighted by atomic mass is 32.2. The SMILES string of the molecule is O=C1CN(c2c(O)cc3cnc(C4CCN(S(=O)(=O)C5CC5)C4)nc3c2F)S(=O)(=O)N1. The van der Waals surface area contributed by atoms with Crippen molar-refractivity contribution in [2.45, 2.75) is 30.4 Å². The van der Waals surface area contributed by atoms with E-state index in [1.54, 1.807) is 4.72 Å². The number of amides is 1. The van der Waals surface area contributed by atoms with Gasteiger partial charge in [-0.05, 0) is 25.3 Å². The molecule has 1 aromatic heterocycles. The minimum atomic E-state index is -4.34. The average Bonchev–Trinajstić information content (AvgIpc) is 3.37. The number of nitrogens with one attached hydrogen (secondary N) is 1. The summed E-state index contributed by atoms with van der Waals surface area (Å²) in [5.41, 5.74) is -0.907. The number of phenols is 1. The van der Waals surface area contributed by atoms with Gasteiger partial charge in [0.1, 0.15) is 29.3 Å². The molecule has 1 unspecified atom stereocenters. The quantitative estimate of drug-likeness (QED) is 0.630. The van der Waals surface area contributed by atoms with Gasteiger partial charge in [0.05, 0.1) is 5.25 Å². The summed E-state index contributed by atoms with van der Waals surface area (Å²) in [6.07, 6.45) is 3.08. The smallest absolute Gasteiger partial charge is 0.326 e. The molecule has 5 rings (SSSR count). The molecular formula is C17H18FN5O6S2. The molecule has 166 valence electrons. The number of halogens is 1. The van der Waals surface area contributed by atoms with E-state index < -0.39 is 49.9 Å². The number of hydrogen-bond donors (Lipinski definition) is 2. The Morgan fingerprint density at radius 2 is 2.00 bits per heavy atom. The van der Waals surface area contributed by atoms with Crippen LogP contribution in [0.4, 0.5) is 10.1 Å². The Morgan fingerprint density at radius 1 is 1.26 bits per heavy atom. The van der Waals surface area contributed by atoms with Crippen molar-refractivity contribution in [2.75, 3.05) is 23.9 Å². The van der Waals surface area contributed by atoms with Crippen molar-refractivity contribution in [3.8, 4) is 5.75 Å². The Morgan fingerprint density at radius 3 is 2.65 bits per heavy atom. The third-order valence-electron chi connectivity index (χ3n) is 5.68. The van der Waals surface area contributed by atoms with Crippen LogP contribution in [0.5, 0.6) is 5.75 Å². The summed E-state index contributed by atoms with van der Waals surface area (Å²) in [5.74, 6) is -2.75. The Kier molecular flexibility index (Phi) is 4.40. The molecule has 0 bridgehead atoms. The maximum Gasteiger partial charge on any atom is 0.326 e. The second-order valence-corrected chi connectivity index (χ2v) is 11.7. The van der Waals surface area contributed by atoms with Gasteiger partial charge < -0.3 is 5.11 Å². The highest BCUT2D eigenvalue weighted by Gasteiger charge is 2.43. The molecular weight excluding hydrogens is 453 g/mol. The van der Waals surface area contributed by atoms with Crippen LogP contribution in [0.3, 0.4) is 0 Å². The molecule has 3 heterocycles. The number of benzene rings is 1. The molecule has 14 heteroatoms. The molecule has 2 N–H and O–H groups in total. The Labute approximate surface area is 177 Å². The normalized spacial score (nSPS) is 24.1. The van der Waals surface area contributed by atoms with Gasteiger partial charge in [0.2, 0.25) is 10.0 Å². The lowest BCUT2D eigenvalue weighted by molar-refractivity contribution is -0.117. The van der Waals surface area contributed by atoms with E-state index in [0.717, 1.165) is 6.07 Å².